The molecule has 1 fully saturated rings. The summed E-state index contributed by atoms with van der Waals surface area (Å²) in [5.74, 6) is 0. The topological polar surface area (TPSA) is 15.3 Å². The molecule has 0 aromatic heterocycles. The Balaban J connectivity index is 2.65. The van der Waals surface area contributed by atoms with Crippen molar-refractivity contribution in [1.82, 2.24) is 10.2 Å². The van der Waals surface area contributed by atoms with Gasteiger partial charge in [0, 0.05) is 24.7 Å². The Labute approximate surface area is 76.3 Å². The van der Waals surface area contributed by atoms with E-state index in [0.29, 0.717) is 11.6 Å². The van der Waals surface area contributed by atoms with Gasteiger partial charge >= 0.3 is 0 Å². The van der Waals surface area contributed by atoms with Gasteiger partial charge in [-0.2, -0.15) is 0 Å². The van der Waals surface area contributed by atoms with Crippen molar-refractivity contribution in [2.45, 2.75) is 45.7 Å². The van der Waals surface area contributed by atoms with Crippen LogP contribution in [0.15, 0.2) is 0 Å². The van der Waals surface area contributed by atoms with E-state index in [1.807, 2.05) is 0 Å². The third kappa shape index (κ3) is 2.20. The minimum Gasteiger partial charge on any atom is -0.315 e. The average molecular weight is 170 g/mol. The van der Waals surface area contributed by atoms with Crippen LogP contribution in [0.4, 0.5) is 0 Å². The molecule has 0 radical (unpaired) electrons. The lowest BCUT2D eigenvalue weighted by atomic mass is 10.0. The first-order valence-corrected chi connectivity index (χ1v) is 5.01. The van der Waals surface area contributed by atoms with E-state index in [1.165, 1.54) is 19.5 Å². The summed E-state index contributed by atoms with van der Waals surface area (Å²) in [6.07, 6.45) is 1.28. The van der Waals surface area contributed by atoms with Crippen LogP contribution in [0.25, 0.3) is 0 Å². The summed E-state index contributed by atoms with van der Waals surface area (Å²) in [5.41, 5.74) is 0.324. The Bertz CT molecular complexity index is 141. The molecule has 0 unspecified atom stereocenters. The third-order valence-corrected chi connectivity index (χ3v) is 2.71. The molecule has 2 heteroatoms. The van der Waals surface area contributed by atoms with Crippen LogP contribution in [0, 0.1) is 0 Å². The lowest BCUT2D eigenvalue weighted by molar-refractivity contribution is 0.0968. The quantitative estimate of drug-likeness (QED) is 0.641. The normalized spacial score (nSPS) is 25.8. The van der Waals surface area contributed by atoms with Crippen LogP contribution in [0.1, 0.15) is 34.1 Å². The van der Waals surface area contributed by atoms with Gasteiger partial charge in [0.2, 0.25) is 0 Å². The van der Waals surface area contributed by atoms with Crippen molar-refractivity contribution in [3.63, 3.8) is 0 Å². The van der Waals surface area contributed by atoms with Crippen LogP contribution in [0.3, 0.4) is 0 Å². The number of hydrogen-bond donors (Lipinski definition) is 1. The molecule has 0 amide bonds. The monoisotopic (exact) mass is 170 g/mol. The van der Waals surface area contributed by atoms with Crippen LogP contribution >= 0.6 is 0 Å². The molecule has 1 rings (SSSR count). The standard InChI is InChI=1S/C10H22N2/c1-9(2)12-7-5-6-11-8-10(12,3)4/h9,11H,5-8H2,1-4H3. The number of rotatable bonds is 1. The molecule has 0 saturated carbocycles. The van der Waals surface area contributed by atoms with Crippen molar-refractivity contribution in [2.75, 3.05) is 19.6 Å². The summed E-state index contributed by atoms with van der Waals surface area (Å²) in [5, 5.41) is 3.48. The van der Waals surface area contributed by atoms with Gasteiger partial charge in [0.05, 0.1) is 0 Å². The maximum atomic E-state index is 3.48. The van der Waals surface area contributed by atoms with E-state index in [0.717, 1.165) is 6.54 Å². The second kappa shape index (κ2) is 3.75. The molecule has 1 aliphatic rings. The molecule has 12 heavy (non-hydrogen) atoms. The summed E-state index contributed by atoms with van der Waals surface area (Å²) in [4.78, 5) is 2.59. The summed E-state index contributed by atoms with van der Waals surface area (Å²) < 4.78 is 0. The van der Waals surface area contributed by atoms with Crippen LogP contribution in [-0.2, 0) is 0 Å². The molecular formula is C10H22N2. The van der Waals surface area contributed by atoms with Gasteiger partial charge in [-0.25, -0.2) is 0 Å². The minimum atomic E-state index is 0.324. The zero-order valence-corrected chi connectivity index (χ0v) is 8.85. The minimum absolute atomic E-state index is 0.324. The number of hydrogen-bond acceptors (Lipinski definition) is 2. The molecule has 1 heterocycles. The average Bonchev–Trinajstić information content (AvgIpc) is 2.09. The van der Waals surface area contributed by atoms with Gasteiger partial charge in [-0.3, -0.25) is 4.90 Å². The molecule has 0 atom stereocenters. The Morgan fingerprint density at radius 3 is 2.58 bits per heavy atom. The molecule has 0 aromatic rings. The lowest BCUT2D eigenvalue weighted by Crippen LogP contribution is -2.51. The van der Waals surface area contributed by atoms with Gasteiger partial charge in [-0.05, 0) is 40.7 Å². The third-order valence-electron chi connectivity index (χ3n) is 2.71. The zero-order valence-electron chi connectivity index (χ0n) is 8.85. The SMILES string of the molecule is CC(C)N1CCCNCC1(C)C. The highest BCUT2D eigenvalue weighted by Crippen LogP contribution is 2.18. The molecule has 1 N–H and O–H groups in total. The van der Waals surface area contributed by atoms with E-state index in [-0.39, 0.29) is 0 Å². The Kier molecular flexibility index (Phi) is 3.13. The number of nitrogens with one attached hydrogen (secondary N) is 1. The van der Waals surface area contributed by atoms with E-state index in [1.54, 1.807) is 0 Å². The van der Waals surface area contributed by atoms with Crippen molar-refractivity contribution in [1.29, 1.82) is 0 Å². The van der Waals surface area contributed by atoms with Gasteiger partial charge < -0.3 is 5.32 Å². The second-order valence-electron chi connectivity index (χ2n) is 4.63. The van der Waals surface area contributed by atoms with Crippen LogP contribution < -0.4 is 5.32 Å². The molecule has 0 bridgehead atoms. The maximum Gasteiger partial charge on any atom is 0.0280 e. The molecule has 1 aliphatic heterocycles. The first kappa shape index (κ1) is 10.0. The van der Waals surface area contributed by atoms with E-state index in [9.17, 15) is 0 Å². The van der Waals surface area contributed by atoms with Crippen LogP contribution in [-0.4, -0.2) is 36.1 Å². The predicted octanol–water partition coefficient (Wildman–Crippen LogP) is 1.47. The molecule has 0 aromatic carbocycles. The van der Waals surface area contributed by atoms with E-state index >= 15 is 0 Å². The highest BCUT2D eigenvalue weighted by Gasteiger charge is 2.29. The maximum absolute atomic E-state index is 3.48. The summed E-state index contributed by atoms with van der Waals surface area (Å²) in [6.45, 7) is 12.7. The first-order chi connectivity index (χ1) is 5.54. The largest absolute Gasteiger partial charge is 0.315 e. The van der Waals surface area contributed by atoms with E-state index in [4.69, 9.17) is 0 Å². The molecule has 0 spiro atoms. The van der Waals surface area contributed by atoms with Crippen molar-refractivity contribution in [2.24, 2.45) is 0 Å². The fraction of sp³-hybridized carbons (Fsp3) is 1.00. The summed E-state index contributed by atoms with van der Waals surface area (Å²) in [7, 11) is 0. The zero-order chi connectivity index (χ0) is 9.19. The highest BCUT2D eigenvalue weighted by molar-refractivity contribution is 4.88. The molecular weight excluding hydrogens is 148 g/mol. The van der Waals surface area contributed by atoms with Gasteiger partial charge in [0.25, 0.3) is 0 Å². The Morgan fingerprint density at radius 2 is 2.00 bits per heavy atom. The lowest BCUT2D eigenvalue weighted by Gasteiger charge is -2.39. The van der Waals surface area contributed by atoms with Crippen LogP contribution in [0.2, 0.25) is 0 Å². The van der Waals surface area contributed by atoms with Gasteiger partial charge in [0.1, 0.15) is 0 Å². The Morgan fingerprint density at radius 1 is 1.33 bits per heavy atom. The van der Waals surface area contributed by atoms with Crippen molar-refractivity contribution in [3.05, 3.63) is 0 Å². The van der Waals surface area contributed by atoms with E-state index in [2.05, 4.69) is 37.9 Å². The smallest absolute Gasteiger partial charge is 0.0280 e. The summed E-state index contributed by atoms with van der Waals surface area (Å²) >= 11 is 0. The molecule has 1 saturated heterocycles. The highest BCUT2D eigenvalue weighted by atomic mass is 15.2. The molecule has 0 aliphatic carbocycles. The first-order valence-electron chi connectivity index (χ1n) is 5.01. The fourth-order valence-corrected chi connectivity index (χ4v) is 2.13. The molecule has 2 nitrogen and oxygen atoms in total. The van der Waals surface area contributed by atoms with Crippen LogP contribution in [0.5, 0.6) is 0 Å². The Hall–Kier alpha value is -0.0800. The molecule has 72 valence electrons. The van der Waals surface area contributed by atoms with E-state index < -0.39 is 0 Å². The van der Waals surface area contributed by atoms with Gasteiger partial charge in [-0.15, -0.1) is 0 Å². The van der Waals surface area contributed by atoms with Gasteiger partial charge in [-0.1, -0.05) is 0 Å². The van der Waals surface area contributed by atoms with Gasteiger partial charge in [0.15, 0.2) is 0 Å². The second-order valence-corrected chi connectivity index (χ2v) is 4.63. The van der Waals surface area contributed by atoms with Crippen molar-refractivity contribution < 1.29 is 0 Å². The number of nitrogens with zero attached hydrogens (tertiary/aromatic N) is 1. The van der Waals surface area contributed by atoms with Crippen molar-refractivity contribution >= 4 is 0 Å². The summed E-state index contributed by atoms with van der Waals surface area (Å²) in [6, 6.07) is 0.667. The fourth-order valence-electron chi connectivity index (χ4n) is 2.13. The van der Waals surface area contributed by atoms with Crippen molar-refractivity contribution in [3.8, 4) is 0 Å². The predicted molar refractivity (Wildman–Crippen MR) is 53.4 cm³/mol.